The van der Waals surface area contributed by atoms with Crippen molar-refractivity contribution >= 4 is 0 Å². The van der Waals surface area contributed by atoms with Crippen molar-refractivity contribution in [2.24, 2.45) is 0 Å². The maximum absolute atomic E-state index is 13.3. The lowest BCUT2D eigenvalue weighted by molar-refractivity contribution is -0.202. The van der Waals surface area contributed by atoms with Crippen LogP contribution in [0.15, 0.2) is 60.9 Å². The maximum Gasteiger partial charge on any atom is 0.416 e. The number of aromatic nitrogens is 2. The van der Waals surface area contributed by atoms with Gasteiger partial charge >= 0.3 is 12.4 Å². The highest BCUT2D eigenvalue weighted by Crippen LogP contribution is 2.44. The van der Waals surface area contributed by atoms with E-state index in [-0.39, 0.29) is 23.5 Å². The lowest BCUT2D eigenvalue weighted by atomic mass is 9.81. The zero-order chi connectivity index (χ0) is 24.5. The molecule has 1 aromatic heterocycles. The zero-order valence-corrected chi connectivity index (χ0v) is 18.0. The second-order valence-corrected chi connectivity index (χ2v) is 8.16. The van der Waals surface area contributed by atoms with E-state index in [0.717, 1.165) is 5.56 Å². The van der Waals surface area contributed by atoms with Crippen LogP contribution in [0, 0.1) is 0 Å². The van der Waals surface area contributed by atoms with Crippen LogP contribution in [0.1, 0.15) is 59.4 Å². The van der Waals surface area contributed by atoms with Crippen LogP contribution in [0.25, 0.3) is 0 Å². The van der Waals surface area contributed by atoms with E-state index >= 15 is 0 Å². The van der Waals surface area contributed by atoms with Gasteiger partial charge in [-0.3, -0.25) is 0 Å². The quantitative estimate of drug-likeness (QED) is 0.404. The smallest absolute Gasteiger partial charge is 0.352 e. The highest BCUT2D eigenvalue weighted by molar-refractivity contribution is 5.35. The van der Waals surface area contributed by atoms with Gasteiger partial charge in [-0.1, -0.05) is 30.3 Å². The van der Waals surface area contributed by atoms with Crippen LogP contribution in [-0.2, 0) is 21.8 Å². The van der Waals surface area contributed by atoms with Crippen LogP contribution in [0.3, 0.4) is 0 Å². The van der Waals surface area contributed by atoms with E-state index in [0.29, 0.717) is 31.0 Å². The van der Waals surface area contributed by atoms with Gasteiger partial charge in [0.15, 0.2) is 6.29 Å². The van der Waals surface area contributed by atoms with Gasteiger partial charge in [-0.05, 0) is 42.7 Å². The van der Waals surface area contributed by atoms with Crippen molar-refractivity contribution in [2.75, 3.05) is 6.61 Å². The number of halogens is 6. The summed E-state index contributed by atoms with van der Waals surface area (Å²) in [5.41, 5.74) is -2.14. The van der Waals surface area contributed by atoms with Gasteiger partial charge < -0.3 is 14.5 Å². The third kappa shape index (κ3) is 5.28. The number of nitrogens with one attached hydrogen (secondary N) is 1. The average molecular weight is 484 g/mol. The topological polar surface area (TPSA) is 47.1 Å². The summed E-state index contributed by atoms with van der Waals surface area (Å²) in [6.45, 7) is 1.71. The van der Waals surface area contributed by atoms with Crippen molar-refractivity contribution in [1.29, 1.82) is 0 Å². The Morgan fingerprint density at radius 2 is 1.65 bits per heavy atom. The Bertz CT molecular complexity index is 1050. The fourth-order valence-corrected chi connectivity index (χ4v) is 4.25. The Labute approximate surface area is 191 Å². The highest BCUT2D eigenvalue weighted by atomic mass is 19.4. The summed E-state index contributed by atoms with van der Waals surface area (Å²) in [4.78, 5) is 7.44. The van der Waals surface area contributed by atoms with Gasteiger partial charge in [0.1, 0.15) is 5.82 Å². The number of hydrogen-bond donors (Lipinski definition) is 1. The largest absolute Gasteiger partial charge is 0.416 e. The van der Waals surface area contributed by atoms with E-state index in [2.05, 4.69) is 9.97 Å². The molecule has 182 valence electrons. The minimum absolute atomic E-state index is 0.104. The molecule has 4 nitrogen and oxygen atoms in total. The molecule has 2 heterocycles. The number of aromatic amines is 1. The second kappa shape index (κ2) is 9.42. The van der Waals surface area contributed by atoms with Gasteiger partial charge in [-0.2, -0.15) is 26.3 Å². The Balaban J connectivity index is 1.68. The number of hydrogen-bond acceptors (Lipinski definition) is 3. The summed E-state index contributed by atoms with van der Waals surface area (Å²) in [6.07, 6.45) is -7.97. The first-order valence-electron chi connectivity index (χ1n) is 10.6. The highest BCUT2D eigenvalue weighted by Gasteiger charge is 2.41. The number of H-pyrrole nitrogens is 1. The number of benzene rings is 2. The molecule has 0 aliphatic carbocycles. The molecule has 1 N–H and O–H groups in total. The number of rotatable bonds is 5. The monoisotopic (exact) mass is 484 g/mol. The molecule has 3 aromatic rings. The van der Waals surface area contributed by atoms with Gasteiger partial charge in [0.2, 0.25) is 0 Å². The third-order valence-electron chi connectivity index (χ3n) is 5.91. The van der Waals surface area contributed by atoms with Crippen molar-refractivity contribution in [3.8, 4) is 0 Å². The van der Waals surface area contributed by atoms with Crippen LogP contribution in [0.2, 0.25) is 0 Å². The Hall–Kier alpha value is -2.85. The molecule has 0 amide bonds. The van der Waals surface area contributed by atoms with Crippen molar-refractivity contribution in [3.05, 3.63) is 89.0 Å². The van der Waals surface area contributed by atoms with Crippen LogP contribution < -0.4 is 0 Å². The number of nitrogens with zero attached hydrogens (tertiary/aromatic N) is 1. The number of imidazole rings is 1. The Morgan fingerprint density at radius 3 is 2.21 bits per heavy atom. The van der Waals surface area contributed by atoms with Gasteiger partial charge in [0.05, 0.1) is 23.8 Å². The molecule has 1 aliphatic heterocycles. The van der Waals surface area contributed by atoms with Crippen LogP contribution >= 0.6 is 0 Å². The average Bonchev–Trinajstić information content (AvgIpc) is 3.33. The van der Waals surface area contributed by atoms with Gasteiger partial charge in [0, 0.05) is 24.2 Å². The molecule has 0 radical (unpaired) electrons. The van der Waals surface area contributed by atoms with E-state index in [1.165, 1.54) is 6.92 Å². The summed E-state index contributed by atoms with van der Waals surface area (Å²) >= 11 is 0. The molecule has 1 fully saturated rings. The first kappa shape index (κ1) is 24.3. The number of ether oxygens (including phenoxy) is 2. The molecule has 10 heteroatoms. The predicted molar refractivity (Wildman–Crippen MR) is 111 cm³/mol. The standard InChI is InChI=1S/C24H22F6N2O2/c1-14(16-11-17(23(25,26)27)13-18(12-16)24(28,29)30)34-22-20(15-5-3-2-4-6-15)19(7-10-33-22)21-31-8-9-32-21/h2-6,8-9,11-14,19-20,22H,7,10H2,1H3,(H,31,32)/t14?,19-,20+,22?/m1/s1. The normalized spacial score (nSPS) is 22.5. The van der Waals surface area contributed by atoms with Gasteiger partial charge in [-0.25, -0.2) is 4.98 Å². The molecule has 34 heavy (non-hydrogen) atoms. The van der Waals surface area contributed by atoms with E-state index < -0.39 is 35.9 Å². The van der Waals surface area contributed by atoms with E-state index in [1.54, 1.807) is 12.4 Å². The van der Waals surface area contributed by atoms with Crippen LogP contribution in [0.5, 0.6) is 0 Å². The maximum atomic E-state index is 13.3. The van der Waals surface area contributed by atoms with E-state index in [4.69, 9.17) is 9.47 Å². The molecular formula is C24H22F6N2O2. The number of alkyl halides is 6. The van der Waals surface area contributed by atoms with Crippen LogP contribution in [0.4, 0.5) is 26.3 Å². The van der Waals surface area contributed by atoms with E-state index in [9.17, 15) is 26.3 Å². The molecule has 0 bridgehead atoms. The Kier molecular flexibility index (Phi) is 6.73. The van der Waals surface area contributed by atoms with Crippen molar-refractivity contribution in [2.45, 2.75) is 49.9 Å². The second-order valence-electron chi connectivity index (χ2n) is 8.16. The molecule has 1 saturated heterocycles. The van der Waals surface area contributed by atoms with Crippen molar-refractivity contribution in [3.63, 3.8) is 0 Å². The predicted octanol–water partition coefficient (Wildman–Crippen LogP) is 6.84. The fourth-order valence-electron chi connectivity index (χ4n) is 4.25. The minimum Gasteiger partial charge on any atom is -0.352 e. The molecule has 0 saturated carbocycles. The molecule has 2 aromatic carbocycles. The lowest BCUT2D eigenvalue weighted by Crippen LogP contribution is -2.36. The lowest BCUT2D eigenvalue weighted by Gasteiger charge is -2.38. The van der Waals surface area contributed by atoms with E-state index in [1.807, 2.05) is 30.3 Å². The Morgan fingerprint density at radius 1 is 1.00 bits per heavy atom. The SMILES string of the molecule is CC(OC1OCC[C@@H](c2ncc[nH]2)[C@@H]1c1ccccc1)c1cc(C(F)(F)F)cc(C(F)(F)F)c1. The summed E-state index contributed by atoms with van der Waals surface area (Å²) in [5.74, 6) is 0.184. The van der Waals surface area contributed by atoms with Crippen molar-refractivity contribution < 1.29 is 35.8 Å². The molecule has 4 rings (SSSR count). The fraction of sp³-hybridized carbons (Fsp3) is 0.375. The molecule has 1 aliphatic rings. The summed E-state index contributed by atoms with van der Waals surface area (Å²) in [5, 5.41) is 0. The molecule has 0 spiro atoms. The van der Waals surface area contributed by atoms with Gasteiger partial charge in [0.25, 0.3) is 0 Å². The minimum atomic E-state index is -4.94. The summed E-state index contributed by atoms with van der Waals surface area (Å²) in [7, 11) is 0. The first-order valence-corrected chi connectivity index (χ1v) is 10.6. The van der Waals surface area contributed by atoms with Crippen molar-refractivity contribution in [1.82, 2.24) is 9.97 Å². The van der Waals surface area contributed by atoms with Gasteiger partial charge in [-0.15, -0.1) is 0 Å². The third-order valence-corrected chi connectivity index (χ3v) is 5.91. The first-order chi connectivity index (χ1) is 16.0. The molecule has 4 atom stereocenters. The summed E-state index contributed by atoms with van der Waals surface area (Å²) < 4.78 is 91.7. The van der Waals surface area contributed by atoms with Crippen LogP contribution in [-0.4, -0.2) is 22.9 Å². The molecular weight excluding hydrogens is 462 g/mol. The summed E-state index contributed by atoms with van der Waals surface area (Å²) in [6, 6.07) is 10.7. The molecule has 2 unspecified atom stereocenters. The zero-order valence-electron chi connectivity index (χ0n) is 18.0.